The molecule has 0 unspecified atom stereocenters. The van der Waals surface area contributed by atoms with Crippen LogP contribution in [0.3, 0.4) is 0 Å². The summed E-state index contributed by atoms with van der Waals surface area (Å²) in [7, 11) is 0. The number of esters is 1. The molecule has 1 aromatic rings. The summed E-state index contributed by atoms with van der Waals surface area (Å²) in [6.07, 6.45) is 1.36. The van der Waals surface area contributed by atoms with Gasteiger partial charge in [-0.2, -0.15) is 15.8 Å². The number of hydrogen-bond donors (Lipinski definition) is 0. The number of furan rings is 1. The third-order valence-corrected chi connectivity index (χ3v) is 3.36. The molecule has 0 radical (unpaired) electrons. The summed E-state index contributed by atoms with van der Waals surface area (Å²) in [6, 6.07) is 8.45. The number of carbonyl (C=O) groups is 1. The number of nitrogens with zero attached hydrogens (tertiary/aromatic N) is 3. The third kappa shape index (κ3) is 1.30. The van der Waals surface area contributed by atoms with Crippen LogP contribution in [0.4, 0.5) is 0 Å². The molecule has 1 saturated carbocycles. The molecule has 0 bridgehead atoms. The van der Waals surface area contributed by atoms with Crippen molar-refractivity contribution in [1.82, 2.24) is 0 Å². The van der Waals surface area contributed by atoms with Gasteiger partial charge in [0.2, 0.25) is 0 Å². The van der Waals surface area contributed by atoms with Gasteiger partial charge in [0.15, 0.2) is 10.8 Å². The highest BCUT2D eigenvalue weighted by Crippen LogP contribution is 2.74. The van der Waals surface area contributed by atoms with Crippen LogP contribution in [0, 0.1) is 44.8 Å². The van der Waals surface area contributed by atoms with E-state index >= 15 is 0 Å². The summed E-state index contributed by atoms with van der Waals surface area (Å²) in [5.74, 6) is -1.52. The van der Waals surface area contributed by atoms with E-state index in [0.29, 0.717) is 0 Å². The third-order valence-electron chi connectivity index (χ3n) is 3.36. The fraction of sp³-hybridized carbons (Fsp3) is 0.385. The highest BCUT2D eigenvalue weighted by molar-refractivity contribution is 5.91. The van der Waals surface area contributed by atoms with Gasteiger partial charge in [-0.05, 0) is 19.1 Å². The summed E-state index contributed by atoms with van der Waals surface area (Å²) in [5, 5.41) is 27.8. The van der Waals surface area contributed by atoms with Gasteiger partial charge in [-0.25, -0.2) is 0 Å². The Labute approximate surface area is 109 Å². The van der Waals surface area contributed by atoms with Crippen LogP contribution in [-0.2, 0) is 9.53 Å². The summed E-state index contributed by atoms with van der Waals surface area (Å²) in [4.78, 5) is 12.0. The van der Waals surface area contributed by atoms with Gasteiger partial charge in [-0.1, -0.05) is 0 Å². The first-order chi connectivity index (χ1) is 9.14. The Bertz CT molecular complexity index is 616. The second kappa shape index (κ2) is 4.15. The molecule has 6 nitrogen and oxygen atoms in total. The number of nitriles is 3. The number of hydrogen-bond acceptors (Lipinski definition) is 6. The minimum absolute atomic E-state index is 0.0695. The van der Waals surface area contributed by atoms with E-state index in [0.717, 1.165) is 0 Å². The predicted octanol–water partition coefficient (Wildman–Crippen LogP) is 1.48. The highest BCUT2D eigenvalue weighted by Gasteiger charge is 2.87. The molecule has 1 aromatic heterocycles. The lowest BCUT2D eigenvalue weighted by Crippen LogP contribution is -2.24. The first-order valence-electron chi connectivity index (χ1n) is 5.59. The second-order valence-corrected chi connectivity index (χ2v) is 4.12. The van der Waals surface area contributed by atoms with Crippen LogP contribution in [0.25, 0.3) is 0 Å². The van der Waals surface area contributed by atoms with Crippen molar-refractivity contribution in [3.8, 4) is 18.2 Å². The van der Waals surface area contributed by atoms with E-state index in [-0.39, 0.29) is 12.4 Å². The zero-order valence-corrected chi connectivity index (χ0v) is 10.1. The topological polar surface area (TPSA) is 111 Å². The molecule has 19 heavy (non-hydrogen) atoms. The molecular formula is C13H9N3O3. The van der Waals surface area contributed by atoms with E-state index in [1.807, 2.05) is 0 Å². The van der Waals surface area contributed by atoms with Crippen molar-refractivity contribution in [1.29, 1.82) is 15.8 Å². The maximum Gasteiger partial charge on any atom is 0.330 e. The molecule has 94 valence electrons. The Hall–Kier alpha value is -2.78. The van der Waals surface area contributed by atoms with Crippen molar-refractivity contribution in [3.05, 3.63) is 24.2 Å². The van der Waals surface area contributed by atoms with Crippen LogP contribution in [-0.4, -0.2) is 12.6 Å². The van der Waals surface area contributed by atoms with Crippen LogP contribution >= 0.6 is 0 Å². The molecule has 0 saturated heterocycles. The second-order valence-electron chi connectivity index (χ2n) is 4.12. The van der Waals surface area contributed by atoms with E-state index in [2.05, 4.69) is 0 Å². The Morgan fingerprint density at radius 3 is 2.53 bits per heavy atom. The quantitative estimate of drug-likeness (QED) is 0.756. The highest BCUT2D eigenvalue weighted by atomic mass is 16.5. The Morgan fingerprint density at radius 1 is 1.42 bits per heavy atom. The molecule has 0 N–H and O–H groups in total. The van der Waals surface area contributed by atoms with Gasteiger partial charge in [0.25, 0.3) is 0 Å². The first kappa shape index (κ1) is 12.7. The Balaban J connectivity index is 2.56. The van der Waals surface area contributed by atoms with Crippen molar-refractivity contribution >= 4 is 5.97 Å². The van der Waals surface area contributed by atoms with Gasteiger partial charge in [0.1, 0.15) is 5.76 Å². The molecule has 0 aromatic carbocycles. The fourth-order valence-corrected chi connectivity index (χ4v) is 2.41. The molecule has 2 atom stereocenters. The van der Waals surface area contributed by atoms with Crippen molar-refractivity contribution in [2.45, 2.75) is 12.8 Å². The van der Waals surface area contributed by atoms with Gasteiger partial charge < -0.3 is 9.15 Å². The summed E-state index contributed by atoms with van der Waals surface area (Å²) < 4.78 is 9.98. The van der Waals surface area contributed by atoms with Crippen molar-refractivity contribution in [3.63, 3.8) is 0 Å². The number of ether oxygens (including phenoxy) is 1. The van der Waals surface area contributed by atoms with Crippen LogP contribution in [0.5, 0.6) is 0 Å². The maximum atomic E-state index is 12.0. The van der Waals surface area contributed by atoms with E-state index in [1.54, 1.807) is 31.2 Å². The van der Waals surface area contributed by atoms with E-state index in [9.17, 15) is 20.6 Å². The van der Waals surface area contributed by atoms with Crippen molar-refractivity contribution in [2.75, 3.05) is 6.61 Å². The maximum absolute atomic E-state index is 12.0. The number of carbonyl (C=O) groups excluding carboxylic acids is 1. The average Bonchev–Trinajstić information content (AvgIpc) is 2.73. The van der Waals surface area contributed by atoms with Crippen molar-refractivity contribution in [2.24, 2.45) is 10.8 Å². The lowest BCUT2D eigenvalue weighted by molar-refractivity contribution is -0.148. The SMILES string of the molecule is CCOC(=O)[C@@]1(C#N)[C@H](c2ccco2)C1(C#N)C#N. The molecule has 1 heterocycles. The molecule has 0 aliphatic heterocycles. The summed E-state index contributed by atoms with van der Waals surface area (Å²) >= 11 is 0. The minimum atomic E-state index is -1.82. The fourth-order valence-electron chi connectivity index (χ4n) is 2.41. The van der Waals surface area contributed by atoms with E-state index in [1.165, 1.54) is 12.3 Å². The molecule has 6 heteroatoms. The lowest BCUT2D eigenvalue weighted by atomic mass is 9.97. The molecule has 0 amide bonds. The molecule has 1 aliphatic carbocycles. The van der Waals surface area contributed by atoms with Crippen LogP contribution in [0.1, 0.15) is 18.6 Å². The zero-order chi connectivity index (χ0) is 14.1. The smallest absolute Gasteiger partial charge is 0.330 e. The summed E-state index contributed by atoms with van der Waals surface area (Å²) in [5.41, 5.74) is -3.57. The standard InChI is InChI=1S/C13H9N3O3/c1-2-18-11(17)13(8-16)10(9-4-3-5-19-9)12(13,6-14)7-15/h3-5,10H,2H2,1H3/t10-,13-/m1/s1. The van der Waals surface area contributed by atoms with E-state index in [4.69, 9.17) is 9.15 Å². The van der Waals surface area contributed by atoms with Gasteiger partial charge in [0.05, 0.1) is 37.0 Å². The van der Waals surface area contributed by atoms with E-state index < -0.39 is 22.7 Å². The largest absolute Gasteiger partial charge is 0.469 e. The first-order valence-corrected chi connectivity index (χ1v) is 5.59. The van der Waals surface area contributed by atoms with Crippen LogP contribution in [0.15, 0.2) is 22.8 Å². The zero-order valence-electron chi connectivity index (χ0n) is 10.1. The van der Waals surface area contributed by atoms with Gasteiger partial charge in [-0.3, -0.25) is 4.79 Å². The Kier molecular flexibility index (Phi) is 2.77. The molecule has 0 spiro atoms. The molecule has 2 rings (SSSR count). The molecule has 1 aliphatic rings. The van der Waals surface area contributed by atoms with Crippen LogP contribution < -0.4 is 0 Å². The average molecular weight is 255 g/mol. The Morgan fingerprint density at radius 2 is 2.11 bits per heavy atom. The van der Waals surface area contributed by atoms with Crippen LogP contribution in [0.2, 0.25) is 0 Å². The molecular weight excluding hydrogens is 246 g/mol. The monoisotopic (exact) mass is 255 g/mol. The van der Waals surface area contributed by atoms with Gasteiger partial charge in [0, 0.05) is 0 Å². The predicted molar refractivity (Wildman–Crippen MR) is 59.8 cm³/mol. The minimum Gasteiger partial charge on any atom is -0.469 e. The van der Waals surface area contributed by atoms with Crippen molar-refractivity contribution < 1.29 is 13.9 Å². The lowest BCUT2D eigenvalue weighted by Gasteiger charge is -2.07. The molecule has 1 fully saturated rings. The van der Waals surface area contributed by atoms with Gasteiger partial charge >= 0.3 is 5.97 Å². The number of rotatable bonds is 3. The summed E-state index contributed by atoms with van der Waals surface area (Å²) in [6.45, 7) is 1.66. The normalized spacial score (nSPS) is 26.5. The van der Waals surface area contributed by atoms with Gasteiger partial charge in [-0.15, -0.1) is 0 Å².